The van der Waals surface area contributed by atoms with Gasteiger partial charge in [-0.15, -0.1) is 0 Å². The summed E-state index contributed by atoms with van der Waals surface area (Å²) >= 11 is 0. The number of rotatable bonds is 4. The Morgan fingerprint density at radius 2 is 0.630 bits per heavy atom. The van der Waals surface area contributed by atoms with E-state index in [1.807, 2.05) is 24.3 Å². The predicted molar refractivity (Wildman–Crippen MR) is 199 cm³/mol. The minimum absolute atomic E-state index is 0.877. The second-order valence-corrected chi connectivity index (χ2v) is 14.2. The molecule has 0 unspecified atom stereocenters. The monoisotopic (exact) mass is 602 g/mol. The molecule has 0 bridgehead atoms. The molecule has 0 radical (unpaired) electrons. The van der Waals surface area contributed by atoms with Crippen LogP contribution in [0.3, 0.4) is 0 Å². The molecule has 0 fully saturated rings. The molecule has 10 rings (SSSR count). The first-order chi connectivity index (χ1) is 22.7. The Balaban J connectivity index is 0.992. The van der Waals surface area contributed by atoms with Crippen molar-refractivity contribution in [1.82, 2.24) is 0 Å². The van der Waals surface area contributed by atoms with E-state index >= 15 is 0 Å². The number of hydrogen-bond donors (Lipinski definition) is 0. The summed E-state index contributed by atoms with van der Waals surface area (Å²) < 4.78 is 13.8. The van der Waals surface area contributed by atoms with Crippen molar-refractivity contribution >= 4 is 83.0 Å². The van der Waals surface area contributed by atoms with E-state index in [1.165, 1.54) is 75.8 Å². The van der Waals surface area contributed by atoms with Crippen molar-refractivity contribution < 1.29 is 4.57 Å². The molecule has 0 aromatic heterocycles. The van der Waals surface area contributed by atoms with Gasteiger partial charge in [-0.2, -0.15) is 0 Å². The first kappa shape index (κ1) is 25.8. The summed E-state index contributed by atoms with van der Waals surface area (Å²) in [6.45, 7) is 0. The third-order valence-electron chi connectivity index (χ3n) is 9.97. The SMILES string of the molecule is O=[PH](c1ccc(-c2ccc3ccc4cccc5ccc2c3c45)cc1)c1ccc(-c2ccc3ccc4cccc5ccc2c3c45)cc1. The van der Waals surface area contributed by atoms with Crippen LogP contribution in [0, 0.1) is 0 Å². The quantitative estimate of drug-likeness (QED) is 0.145. The average Bonchev–Trinajstić information content (AvgIpc) is 3.12. The molecule has 0 heterocycles. The molecule has 10 aromatic rings. The van der Waals surface area contributed by atoms with Gasteiger partial charge in [-0.1, -0.05) is 158 Å². The van der Waals surface area contributed by atoms with E-state index in [0.29, 0.717) is 0 Å². The summed E-state index contributed by atoms with van der Waals surface area (Å²) in [6, 6.07) is 56.4. The van der Waals surface area contributed by atoms with Gasteiger partial charge in [0, 0.05) is 10.6 Å². The summed E-state index contributed by atoms with van der Waals surface area (Å²) in [5.74, 6) is 0. The zero-order chi connectivity index (χ0) is 30.4. The fraction of sp³-hybridized carbons (Fsp3) is 0. The maximum atomic E-state index is 13.8. The van der Waals surface area contributed by atoms with Crippen LogP contribution in [0.4, 0.5) is 0 Å². The van der Waals surface area contributed by atoms with Crippen molar-refractivity contribution in [2.75, 3.05) is 0 Å². The van der Waals surface area contributed by atoms with Crippen molar-refractivity contribution in [3.8, 4) is 22.3 Å². The molecule has 2 heteroatoms. The lowest BCUT2D eigenvalue weighted by atomic mass is 9.90. The average molecular weight is 603 g/mol. The number of hydrogen-bond acceptors (Lipinski definition) is 1. The lowest BCUT2D eigenvalue weighted by Gasteiger charge is -2.15. The van der Waals surface area contributed by atoms with Crippen LogP contribution in [0.1, 0.15) is 0 Å². The van der Waals surface area contributed by atoms with Crippen molar-refractivity contribution in [2.24, 2.45) is 0 Å². The smallest absolute Gasteiger partial charge is 0.131 e. The summed E-state index contributed by atoms with van der Waals surface area (Å²) in [5, 5.41) is 17.1. The molecule has 1 nitrogen and oxygen atoms in total. The molecule has 0 N–H and O–H groups in total. The molecule has 10 aromatic carbocycles. The van der Waals surface area contributed by atoms with Gasteiger partial charge in [0.05, 0.1) is 0 Å². The highest BCUT2D eigenvalue weighted by Gasteiger charge is 2.15. The van der Waals surface area contributed by atoms with Crippen molar-refractivity contribution in [1.29, 1.82) is 0 Å². The number of benzene rings is 10. The zero-order valence-corrected chi connectivity index (χ0v) is 25.9. The summed E-state index contributed by atoms with van der Waals surface area (Å²) in [6.07, 6.45) is 0. The second kappa shape index (κ2) is 9.75. The van der Waals surface area contributed by atoms with Crippen LogP contribution in [0.15, 0.2) is 158 Å². The highest BCUT2D eigenvalue weighted by Crippen LogP contribution is 2.41. The van der Waals surface area contributed by atoms with Crippen molar-refractivity contribution in [3.05, 3.63) is 158 Å². The molecular weight excluding hydrogens is 575 g/mol. The Bertz CT molecular complexity index is 2570. The van der Waals surface area contributed by atoms with Gasteiger partial charge in [-0.05, 0) is 86.9 Å². The molecule has 214 valence electrons. The van der Waals surface area contributed by atoms with E-state index in [4.69, 9.17) is 0 Å². The highest BCUT2D eigenvalue weighted by molar-refractivity contribution is 7.61. The Kier molecular flexibility index (Phi) is 5.47. The topological polar surface area (TPSA) is 17.1 Å². The molecule has 0 amide bonds. The first-order valence-corrected chi connectivity index (χ1v) is 17.2. The second-order valence-electron chi connectivity index (χ2n) is 12.4. The van der Waals surface area contributed by atoms with Crippen LogP contribution in [0.25, 0.3) is 86.9 Å². The van der Waals surface area contributed by atoms with E-state index in [9.17, 15) is 4.57 Å². The van der Waals surface area contributed by atoms with Gasteiger partial charge in [0.1, 0.15) is 7.80 Å². The molecule has 0 aliphatic carbocycles. The Morgan fingerprint density at radius 1 is 0.304 bits per heavy atom. The zero-order valence-electron chi connectivity index (χ0n) is 24.9. The summed E-state index contributed by atoms with van der Waals surface area (Å²) in [7, 11) is -2.16. The third-order valence-corrected chi connectivity index (χ3v) is 11.7. The molecule has 0 aliphatic heterocycles. The molecular formula is C44H27OP. The normalized spacial score (nSPS) is 12.2. The fourth-order valence-corrected chi connectivity index (χ4v) is 9.02. The Labute approximate surface area is 266 Å². The van der Waals surface area contributed by atoms with Gasteiger partial charge >= 0.3 is 0 Å². The van der Waals surface area contributed by atoms with E-state index in [0.717, 1.165) is 21.7 Å². The van der Waals surface area contributed by atoms with E-state index < -0.39 is 7.80 Å². The summed E-state index contributed by atoms with van der Waals surface area (Å²) in [4.78, 5) is 0. The van der Waals surface area contributed by atoms with Crippen LogP contribution >= 0.6 is 7.80 Å². The van der Waals surface area contributed by atoms with Crippen LogP contribution in [0.5, 0.6) is 0 Å². The predicted octanol–water partition coefficient (Wildman–Crippen LogP) is 11.3. The maximum Gasteiger partial charge on any atom is 0.131 e. The summed E-state index contributed by atoms with van der Waals surface area (Å²) in [5.41, 5.74) is 4.69. The fourth-order valence-electron chi connectivity index (χ4n) is 7.74. The van der Waals surface area contributed by atoms with Crippen molar-refractivity contribution in [2.45, 2.75) is 0 Å². The van der Waals surface area contributed by atoms with Crippen LogP contribution in [-0.2, 0) is 4.57 Å². The standard InChI is InChI=1S/C44H27OP/c45-46(35-19-11-27(12-20-35)37-23-15-33-9-7-29-3-1-5-31-17-25-39(37)43(33)41(29)31)36-21-13-28(14-22-36)38-24-16-34-10-8-30-4-2-6-32-18-26-40(38)44(34)42(30)32/h1-26,46H. The molecule has 0 saturated carbocycles. The van der Waals surface area contributed by atoms with Gasteiger partial charge in [-0.25, -0.2) is 0 Å². The van der Waals surface area contributed by atoms with Crippen molar-refractivity contribution in [3.63, 3.8) is 0 Å². The molecule has 0 atom stereocenters. The lowest BCUT2D eigenvalue weighted by molar-refractivity contribution is 0.598. The lowest BCUT2D eigenvalue weighted by Crippen LogP contribution is -2.06. The third kappa shape index (κ3) is 3.73. The van der Waals surface area contributed by atoms with E-state index in [1.54, 1.807) is 0 Å². The largest absolute Gasteiger partial charge is 0.317 e. The van der Waals surface area contributed by atoms with Crippen LogP contribution < -0.4 is 10.6 Å². The van der Waals surface area contributed by atoms with Gasteiger partial charge in [0.2, 0.25) is 0 Å². The van der Waals surface area contributed by atoms with Gasteiger partial charge in [0.15, 0.2) is 0 Å². The Morgan fingerprint density at radius 3 is 1.02 bits per heavy atom. The molecule has 0 saturated heterocycles. The molecule has 46 heavy (non-hydrogen) atoms. The Hall–Kier alpha value is -5.49. The van der Waals surface area contributed by atoms with E-state index in [-0.39, 0.29) is 0 Å². The molecule has 0 aliphatic rings. The minimum Gasteiger partial charge on any atom is -0.317 e. The highest BCUT2D eigenvalue weighted by atomic mass is 31.1. The van der Waals surface area contributed by atoms with Gasteiger partial charge in [0.25, 0.3) is 0 Å². The van der Waals surface area contributed by atoms with Gasteiger partial charge in [-0.3, -0.25) is 0 Å². The minimum atomic E-state index is -2.16. The van der Waals surface area contributed by atoms with Crippen LogP contribution in [0.2, 0.25) is 0 Å². The molecule has 0 spiro atoms. The maximum absolute atomic E-state index is 13.8. The van der Waals surface area contributed by atoms with Crippen LogP contribution in [-0.4, -0.2) is 0 Å². The van der Waals surface area contributed by atoms with E-state index in [2.05, 4.69) is 133 Å². The van der Waals surface area contributed by atoms with Gasteiger partial charge < -0.3 is 4.57 Å². The first-order valence-electron chi connectivity index (χ1n) is 15.8.